The van der Waals surface area contributed by atoms with Crippen molar-refractivity contribution < 1.29 is 19.1 Å². The number of piperidine rings is 1. The average molecular weight is 393 g/mol. The number of esters is 1. The van der Waals surface area contributed by atoms with E-state index in [9.17, 15) is 14.4 Å². The van der Waals surface area contributed by atoms with Gasteiger partial charge in [0.25, 0.3) is 0 Å². The molecule has 1 aliphatic carbocycles. The van der Waals surface area contributed by atoms with Crippen LogP contribution >= 0.6 is 0 Å². The van der Waals surface area contributed by atoms with Gasteiger partial charge in [0.15, 0.2) is 5.78 Å². The minimum atomic E-state index is -0.420. The molecule has 1 aromatic rings. The molecular formula is C24H27NO4. The van der Waals surface area contributed by atoms with Gasteiger partial charge in [0, 0.05) is 38.4 Å². The summed E-state index contributed by atoms with van der Waals surface area (Å²) in [5.41, 5.74) is 3.91. The number of carbonyl (C=O) groups is 3. The number of aryl methyl sites for hydroxylation is 2. The van der Waals surface area contributed by atoms with E-state index in [-0.39, 0.29) is 11.2 Å². The molecule has 0 aromatic heterocycles. The van der Waals surface area contributed by atoms with Crippen molar-refractivity contribution >= 4 is 23.7 Å². The number of hydrogen-bond acceptors (Lipinski definition) is 4. The summed E-state index contributed by atoms with van der Waals surface area (Å²) in [7, 11) is 0. The van der Waals surface area contributed by atoms with Crippen molar-refractivity contribution in [2.24, 2.45) is 5.41 Å². The molecule has 1 saturated heterocycles. The number of likely N-dealkylation sites (tertiary alicyclic amines) is 1. The molecule has 0 N–H and O–H groups in total. The van der Waals surface area contributed by atoms with Gasteiger partial charge in [0.1, 0.15) is 5.76 Å². The van der Waals surface area contributed by atoms with Crippen LogP contribution in [0.4, 0.5) is 0 Å². The first kappa shape index (κ1) is 20.9. The minimum absolute atomic E-state index is 0.00702. The molecule has 5 nitrogen and oxygen atoms in total. The van der Waals surface area contributed by atoms with Crippen molar-refractivity contribution in [2.75, 3.05) is 13.1 Å². The van der Waals surface area contributed by atoms with Gasteiger partial charge >= 0.3 is 5.97 Å². The van der Waals surface area contributed by atoms with E-state index in [1.54, 1.807) is 11.8 Å². The van der Waals surface area contributed by atoms with E-state index in [0.717, 1.165) is 41.5 Å². The molecule has 29 heavy (non-hydrogen) atoms. The zero-order valence-corrected chi connectivity index (χ0v) is 17.6. The Morgan fingerprint density at radius 1 is 1.17 bits per heavy atom. The van der Waals surface area contributed by atoms with Crippen molar-refractivity contribution in [1.29, 1.82) is 0 Å². The van der Waals surface area contributed by atoms with Gasteiger partial charge < -0.3 is 9.64 Å². The number of hydrogen-bond donors (Lipinski definition) is 0. The summed E-state index contributed by atoms with van der Waals surface area (Å²) in [4.78, 5) is 38.0. The van der Waals surface area contributed by atoms with E-state index in [1.165, 1.54) is 6.92 Å². The van der Waals surface area contributed by atoms with Crippen LogP contribution in [0.1, 0.15) is 61.8 Å². The molecule has 3 rings (SSSR count). The fourth-order valence-electron chi connectivity index (χ4n) is 4.65. The van der Waals surface area contributed by atoms with Crippen LogP contribution in [0.15, 0.2) is 17.9 Å². The maximum absolute atomic E-state index is 13.4. The molecule has 0 radical (unpaired) electrons. The largest absolute Gasteiger partial charge is 0.430 e. The molecule has 1 aromatic carbocycles. The number of ether oxygens (including phenoxy) is 1. The second-order valence-corrected chi connectivity index (χ2v) is 8.17. The van der Waals surface area contributed by atoms with Crippen LogP contribution in [0.25, 0.3) is 5.57 Å². The highest BCUT2D eigenvalue weighted by Gasteiger charge is 2.43. The second kappa shape index (κ2) is 8.24. The van der Waals surface area contributed by atoms with Crippen LogP contribution in [0.3, 0.4) is 0 Å². The van der Waals surface area contributed by atoms with Gasteiger partial charge in [-0.05, 0) is 67.9 Å². The quantitative estimate of drug-likeness (QED) is 0.448. The molecule has 0 bridgehead atoms. The Morgan fingerprint density at radius 3 is 2.31 bits per heavy atom. The Hall–Kier alpha value is -2.87. The van der Waals surface area contributed by atoms with Crippen molar-refractivity contribution in [3.63, 3.8) is 0 Å². The Labute approximate surface area is 172 Å². The van der Waals surface area contributed by atoms with Gasteiger partial charge in [-0.2, -0.15) is 0 Å². The smallest absolute Gasteiger partial charge is 0.307 e. The molecule has 1 amide bonds. The van der Waals surface area contributed by atoms with E-state index in [1.807, 2.05) is 26.0 Å². The van der Waals surface area contributed by atoms with Crippen LogP contribution in [-0.2, 0) is 19.1 Å². The Balaban J connectivity index is 2.08. The standard InChI is InChI=1S/C24H27NO4/c1-5-6-19-11-16(2)22(17(3)12-19)23-20(28)13-24(14-21(23)29-18(4)27)7-9-25(15-26)10-8-24/h11-12,15H,7-10,13-14H2,1-4H3. The van der Waals surface area contributed by atoms with Crippen LogP contribution < -0.4 is 0 Å². The maximum atomic E-state index is 13.4. The van der Waals surface area contributed by atoms with Gasteiger partial charge in [-0.3, -0.25) is 14.4 Å². The second-order valence-electron chi connectivity index (χ2n) is 8.17. The molecule has 0 atom stereocenters. The molecular weight excluding hydrogens is 366 g/mol. The van der Waals surface area contributed by atoms with Crippen molar-refractivity contribution in [1.82, 2.24) is 4.90 Å². The highest BCUT2D eigenvalue weighted by atomic mass is 16.5. The normalized spacial score (nSPS) is 18.3. The Kier molecular flexibility index (Phi) is 5.93. The Bertz CT molecular complexity index is 930. The first-order chi connectivity index (χ1) is 13.8. The number of rotatable bonds is 3. The number of amides is 1. The third-order valence-corrected chi connectivity index (χ3v) is 5.96. The summed E-state index contributed by atoms with van der Waals surface area (Å²) in [6.45, 7) is 8.33. The maximum Gasteiger partial charge on any atom is 0.307 e. The van der Waals surface area contributed by atoms with Gasteiger partial charge in [0.05, 0.1) is 5.57 Å². The average Bonchev–Trinajstić information content (AvgIpc) is 2.64. The molecule has 152 valence electrons. The van der Waals surface area contributed by atoms with Crippen LogP contribution in [-0.4, -0.2) is 36.2 Å². The lowest BCUT2D eigenvalue weighted by Gasteiger charge is -2.43. The van der Waals surface area contributed by atoms with Crippen molar-refractivity contribution in [3.8, 4) is 11.8 Å². The number of ketones is 1. The summed E-state index contributed by atoms with van der Waals surface area (Å²) in [5.74, 6) is 6.02. The monoisotopic (exact) mass is 393 g/mol. The van der Waals surface area contributed by atoms with Crippen molar-refractivity contribution in [2.45, 2.75) is 53.4 Å². The summed E-state index contributed by atoms with van der Waals surface area (Å²) in [6, 6.07) is 3.94. The first-order valence-electron chi connectivity index (χ1n) is 9.97. The molecule has 1 heterocycles. The summed E-state index contributed by atoms with van der Waals surface area (Å²) >= 11 is 0. The van der Waals surface area contributed by atoms with E-state index in [0.29, 0.717) is 37.3 Å². The fraction of sp³-hybridized carbons (Fsp3) is 0.458. The third-order valence-electron chi connectivity index (χ3n) is 5.96. The summed E-state index contributed by atoms with van der Waals surface area (Å²) < 4.78 is 5.61. The van der Waals surface area contributed by atoms with Gasteiger partial charge in [-0.25, -0.2) is 0 Å². The third kappa shape index (κ3) is 4.27. The molecule has 1 spiro atoms. The van der Waals surface area contributed by atoms with E-state index in [4.69, 9.17) is 4.74 Å². The number of nitrogens with zero attached hydrogens (tertiary/aromatic N) is 1. The van der Waals surface area contributed by atoms with Crippen LogP contribution in [0.5, 0.6) is 0 Å². The lowest BCUT2D eigenvalue weighted by atomic mass is 9.66. The van der Waals surface area contributed by atoms with E-state index < -0.39 is 5.97 Å². The van der Waals surface area contributed by atoms with Gasteiger partial charge in [0.2, 0.25) is 6.41 Å². The van der Waals surface area contributed by atoms with Crippen LogP contribution in [0.2, 0.25) is 0 Å². The minimum Gasteiger partial charge on any atom is -0.430 e. The number of Topliss-reactive ketones (excluding diaryl/α,β-unsaturated/α-hetero) is 1. The molecule has 0 unspecified atom stereocenters. The first-order valence-corrected chi connectivity index (χ1v) is 9.97. The predicted octanol–water partition coefficient (Wildman–Crippen LogP) is 3.55. The predicted molar refractivity (Wildman–Crippen MR) is 111 cm³/mol. The zero-order chi connectivity index (χ0) is 21.2. The molecule has 2 aliphatic rings. The molecule has 5 heteroatoms. The van der Waals surface area contributed by atoms with E-state index >= 15 is 0 Å². The zero-order valence-electron chi connectivity index (χ0n) is 17.6. The SMILES string of the molecule is CC#Cc1cc(C)c(C2=C(OC(C)=O)CC3(CCN(C=O)CC3)CC2=O)c(C)c1. The fourth-order valence-corrected chi connectivity index (χ4v) is 4.65. The van der Waals surface area contributed by atoms with Gasteiger partial charge in [-0.15, -0.1) is 5.92 Å². The molecule has 1 fully saturated rings. The molecule has 0 saturated carbocycles. The summed E-state index contributed by atoms with van der Waals surface area (Å²) in [5, 5.41) is 0. The summed E-state index contributed by atoms with van der Waals surface area (Å²) in [6.07, 6.45) is 3.28. The Morgan fingerprint density at radius 2 is 1.79 bits per heavy atom. The van der Waals surface area contributed by atoms with Gasteiger partial charge in [-0.1, -0.05) is 5.92 Å². The highest BCUT2D eigenvalue weighted by molar-refractivity contribution is 6.23. The number of allylic oxidation sites excluding steroid dienone is 2. The number of carbonyl (C=O) groups excluding carboxylic acids is 3. The van der Waals surface area contributed by atoms with Crippen molar-refractivity contribution in [3.05, 3.63) is 40.1 Å². The topological polar surface area (TPSA) is 63.7 Å². The lowest BCUT2D eigenvalue weighted by molar-refractivity contribution is -0.137. The van der Waals surface area contributed by atoms with E-state index in [2.05, 4.69) is 11.8 Å². The lowest BCUT2D eigenvalue weighted by Crippen LogP contribution is -2.43. The van der Waals surface area contributed by atoms with Crippen LogP contribution in [0, 0.1) is 31.1 Å². The molecule has 1 aliphatic heterocycles. The highest BCUT2D eigenvalue weighted by Crippen LogP contribution is 2.48. The number of benzene rings is 1.